The number of hydrogen-bond donors (Lipinski definition) is 4. The molecule has 0 radical (unpaired) electrons. The van der Waals surface area contributed by atoms with Gasteiger partial charge in [-0.2, -0.15) is 5.10 Å². The molecule has 0 aromatic carbocycles. The monoisotopic (exact) mass is 307 g/mol. The van der Waals surface area contributed by atoms with E-state index in [9.17, 15) is 9.59 Å². The number of nitrogens with zero attached hydrogens (tertiary/aromatic N) is 1. The molecule has 2 aromatic heterocycles. The lowest BCUT2D eigenvalue weighted by Gasteiger charge is -2.05. The second-order valence-corrected chi connectivity index (χ2v) is 5.39. The third kappa shape index (κ3) is 3.05. The Hall–Kier alpha value is -2.35. The van der Waals surface area contributed by atoms with Gasteiger partial charge in [0.1, 0.15) is 5.00 Å². The fraction of sp³-hybridized carbons (Fsp3) is 0.308. The van der Waals surface area contributed by atoms with E-state index in [-0.39, 0.29) is 17.4 Å². The predicted octanol–water partition coefficient (Wildman–Crippen LogP) is 1.62. The first-order valence-corrected chi connectivity index (χ1v) is 7.29. The molecule has 0 saturated heterocycles. The number of ketones is 1. The zero-order chi connectivity index (χ0) is 15.4. The summed E-state index contributed by atoms with van der Waals surface area (Å²) in [6.45, 7) is 2.25. The van der Waals surface area contributed by atoms with Gasteiger partial charge < -0.3 is 16.4 Å². The minimum absolute atomic E-state index is 0.0704. The molecule has 5 N–H and O–H groups in total. The topological polar surface area (TPSA) is 113 Å². The Bertz CT molecular complexity index is 648. The first-order chi connectivity index (χ1) is 10.1. The van der Waals surface area contributed by atoms with Gasteiger partial charge in [-0.05, 0) is 0 Å². The molecule has 0 atom stereocenters. The number of aromatic nitrogens is 2. The molecule has 112 valence electrons. The molecule has 2 aromatic rings. The predicted molar refractivity (Wildman–Crippen MR) is 82.7 cm³/mol. The lowest BCUT2D eigenvalue weighted by Crippen LogP contribution is -2.20. The molecule has 2 rings (SSSR count). The van der Waals surface area contributed by atoms with E-state index < -0.39 is 0 Å². The highest BCUT2D eigenvalue weighted by molar-refractivity contribution is 7.19. The Morgan fingerprint density at radius 3 is 2.81 bits per heavy atom. The summed E-state index contributed by atoms with van der Waals surface area (Å²) >= 11 is 1.21. The number of nitrogens with one attached hydrogen (secondary N) is 3. The smallest absolute Gasteiger partial charge is 0.256 e. The van der Waals surface area contributed by atoms with Gasteiger partial charge in [0.2, 0.25) is 0 Å². The molecular formula is C13H17N5O2S. The van der Waals surface area contributed by atoms with Crippen molar-refractivity contribution >= 4 is 33.7 Å². The van der Waals surface area contributed by atoms with Crippen LogP contribution in [0.25, 0.3) is 0 Å². The van der Waals surface area contributed by atoms with Crippen molar-refractivity contribution in [3.8, 4) is 0 Å². The van der Waals surface area contributed by atoms with Crippen LogP contribution in [0, 0.1) is 0 Å². The highest BCUT2D eigenvalue weighted by atomic mass is 32.1. The van der Waals surface area contributed by atoms with Crippen LogP contribution in [-0.2, 0) is 6.54 Å². The normalized spacial score (nSPS) is 10.4. The molecule has 0 aliphatic carbocycles. The minimum atomic E-state index is -0.311. The van der Waals surface area contributed by atoms with E-state index in [2.05, 4.69) is 20.8 Å². The zero-order valence-corrected chi connectivity index (χ0v) is 12.6. The number of nitrogen functional groups attached to an aromatic ring is 1. The Morgan fingerprint density at radius 1 is 1.48 bits per heavy atom. The fourth-order valence-electron chi connectivity index (χ4n) is 1.84. The quantitative estimate of drug-likeness (QED) is 0.606. The standard InChI is InChI=1S/C13H17N5O2S/c1-3-8(19)11-10(14)9(12(20)15-2)13(21-11)16-4-7-5-17-18-6-7/h5-6,16H,3-4,14H2,1-2H3,(H,15,20)(H,17,18). The molecule has 0 aliphatic rings. The third-order valence-corrected chi connectivity index (χ3v) is 4.19. The number of thiophene rings is 1. The maximum atomic E-state index is 12.0. The summed E-state index contributed by atoms with van der Waals surface area (Å²) in [4.78, 5) is 24.3. The zero-order valence-electron chi connectivity index (χ0n) is 11.8. The van der Waals surface area contributed by atoms with Gasteiger partial charge in [-0.25, -0.2) is 0 Å². The van der Waals surface area contributed by atoms with Gasteiger partial charge in [-0.15, -0.1) is 11.3 Å². The number of nitrogens with two attached hydrogens (primary N) is 1. The number of aromatic amines is 1. The van der Waals surface area contributed by atoms with Crippen molar-refractivity contribution < 1.29 is 9.59 Å². The van der Waals surface area contributed by atoms with E-state index in [1.165, 1.54) is 18.4 Å². The molecule has 0 bridgehead atoms. The molecular weight excluding hydrogens is 290 g/mol. The highest BCUT2D eigenvalue weighted by Crippen LogP contribution is 2.36. The van der Waals surface area contributed by atoms with Crippen LogP contribution in [0.2, 0.25) is 0 Å². The number of rotatable bonds is 6. The molecule has 0 unspecified atom stereocenters. The summed E-state index contributed by atoms with van der Waals surface area (Å²) in [5.41, 5.74) is 7.47. The van der Waals surface area contributed by atoms with Gasteiger partial charge in [0, 0.05) is 31.8 Å². The maximum absolute atomic E-state index is 12.0. The summed E-state index contributed by atoms with van der Waals surface area (Å²) in [6.07, 6.45) is 3.78. The average molecular weight is 307 g/mol. The molecule has 7 nitrogen and oxygen atoms in total. The molecule has 8 heteroatoms. The second kappa shape index (κ2) is 6.40. The van der Waals surface area contributed by atoms with Crippen LogP contribution in [0.4, 0.5) is 10.7 Å². The van der Waals surface area contributed by atoms with Gasteiger partial charge in [-0.1, -0.05) is 6.92 Å². The Morgan fingerprint density at radius 2 is 2.24 bits per heavy atom. The molecule has 2 heterocycles. The van der Waals surface area contributed by atoms with Crippen LogP contribution >= 0.6 is 11.3 Å². The molecule has 1 amide bonds. The lowest BCUT2D eigenvalue weighted by molar-refractivity contribution is 0.0964. The van der Waals surface area contributed by atoms with Crippen molar-refractivity contribution in [3.05, 3.63) is 28.4 Å². The molecule has 21 heavy (non-hydrogen) atoms. The van der Waals surface area contributed by atoms with Gasteiger partial charge in [0.25, 0.3) is 5.91 Å². The first kappa shape index (κ1) is 15.0. The Balaban J connectivity index is 2.33. The Kier molecular flexibility index (Phi) is 4.59. The summed E-state index contributed by atoms with van der Waals surface area (Å²) in [7, 11) is 1.53. The van der Waals surface area contributed by atoms with Crippen LogP contribution in [0.1, 0.15) is 38.9 Å². The first-order valence-electron chi connectivity index (χ1n) is 6.47. The van der Waals surface area contributed by atoms with Crippen molar-refractivity contribution in [3.63, 3.8) is 0 Å². The van der Waals surface area contributed by atoms with E-state index >= 15 is 0 Å². The van der Waals surface area contributed by atoms with Gasteiger partial charge in [-0.3, -0.25) is 14.7 Å². The van der Waals surface area contributed by atoms with Crippen molar-refractivity contribution in [1.29, 1.82) is 0 Å². The molecule has 0 saturated carbocycles. The van der Waals surface area contributed by atoms with E-state index in [1.54, 1.807) is 19.3 Å². The molecule has 0 spiro atoms. The third-order valence-electron chi connectivity index (χ3n) is 2.98. The van der Waals surface area contributed by atoms with Gasteiger partial charge >= 0.3 is 0 Å². The van der Waals surface area contributed by atoms with Crippen LogP contribution in [0.5, 0.6) is 0 Å². The second-order valence-electron chi connectivity index (χ2n) is 4.36. The number of Topliss-reactive ketones (excluding diaryl/α,β-unsaturated/α-hetero) is 1. The van der Waals surface area contributed by atoms with Crippen LogP contribution < -0.4 is 16.4 Å². The van der Waals surface area contributed by atoms with Crippen molar-refractivity contribution in [1.82, 2.24) is 15.5 Å². The largest absolute Gasteiger partial charge is 0.397 e. The van der Waals surface area contributed by atoms with E-state index in [4.69, 9.17) is 5.73 Å². The average Bonchev–Trinajstić information content (AvgIpc) is 3.11. The summed E-state index contributed by atoms with van der Waals surface area (Å²) in [6, 6.07) is 0. The van der Waals surface area contributed by atoms with Crippen molar-refractivity contribution in [2.75, 3.05) is 18.1 Å². The van der Waals surface area contributed by atoms with Crippen molar-refractivity contribution in [2.45, 2.75) is 19.9 Å². The van der Waals surface area contributed by atoms with Gasteiger partial charge in [0.15, 0.2) is 5.78 Å². The Labute approximate surface area is 125 Å². The molecule has 0 aliphatic heterocycles. The number of carbonyl (C=O) groups excluding carboxylic acids is 2. The SMILES string of the molecule is CCC(=O)c1sc(NCc2cn[nH]c2)c(C(=O)NC)c1N. The number of anilines is 2. The van der Waals surface area contributed by atoms with Crippen LogP contribution in [0.3, 0.4) is 0 Å². The number of hydrogen-bond acceptors (Lipinski definition) is 6. The summed E-state index contributed by atoms with van der Waals surface area (Å²) < 4.78 is 0. The number of carbonyl (C=O) groups is 2. The van der Waals surface area contributed by atoms with Gasteiger partial charge in [0.05, 0.1) is 22.3 Å². The maximum Gasteiger partial charge on any atom is 0.256 e. The van der Waals surface area contributed by atoms with Crippen LogP contribution in [-0.4, -0.2) is 28.9 Å². The lowest BCUT2D eigenvalue weighted by atomic mass is 10.1. The fourth-order valence-corrected chi connectivity index (χ4v) is 2.97. The molecule has 0 fully saturated rings. The van der Waals surface area contributed by atoms with Crippen LogP contribution in [0.15, 0.2) is 12.4 Å². The van der Waals surface area contributed by atoms with E-state index in [0.29, 0.717) is 28.4 Å². The van der Waals surface area contributed by atoms with E-state index in [0.717, 1.165) is 5.56 Å². The number of amides is 1. The minimum Gasteiger partial charge on any atom is -0.397 e. The highest BCUT2D eigenvalue weighted by Gasteiger charge is 2.24. The number of H-pyrrole nitrogens is 1. The summed E-state index contributed by atoms with van der Waals surface area (Å²) in [5.74, 6) is -0.382. The summed E-state index contributed by atoms with van der Waals surface area (Å²) in [5, 5.41) is 12.8. The van der Waals surface area contributed by atoms with E-state index in [1.807, 2.05) is 0 Å². The van der Waals surface area contributed by atoms with Crippen molar-refractivity contribution in [2.24, 2.45) is 0 Å².